The Balaban J connectivity index is 1.79. The number of aromatic amines is 1. The van der Waals surface area contributed by atoms with Crippen molar-refractivity contribution in [2.45, 2.75) is 6.54 Å². The first-order chi connectivity index (χ1) is 12.1. The minimum absolute atomic E-state index is 0.0943. The summed E-state index contributed by atoms with van der Waals surface area (Å²) in [6, 6.07) is 2.24. The van der Waals surface area contributed by atoms with E-state index < -0.39 is 17.5 Å². The van der Waals surface area contributed by atoms with Crippen LogP contribution in [0.2, 0.25) is 0 Å². The van der Waals surface area contributed by atoms with E-state index in [1.54, 1.807) is 6.20 Å². The van der Waals surface area contributed by atoms with E-state index in [0.717, 1.165) is 12.3 Å². The summed E-state index contributed by atoms with van der Waals surface area (Å²) in [5, 5.41) is 11.7. The molecule has 0 atom stereocenters. The molecule has 0 bridgehead atoms. The highest BCUT2D eigenvalue weighted by atomic mass is 19.1. The number of hydrogen-bond donors (Lipinski definition) is 3. The van der Waals surface area contributed by atoms with E-state index in [1.807, 2.05) is 0 Å². The van der Waals surface area contributed by atoms with Gasteiger partial charge in [0.25, 0.3) is 0 Å². The molecule has 0 spiro atoms. The van der Waals surface area contributed by atoms with Crippen LogP contribution in [0.1, 0.15) is 5.56 Å². The number of halogens is 3. The largest absolute Gasteiger partial charge is 0.494 e. The molecule has 3 N–H and O–H groups in total. The van der Waals surface area contributed by atoms with Crippen molar-refractivity contribution in [3.63, 3.8) is 0 Å². The van der Waals surface area contributed by atoms with Crippen LogP contribution in [0.5, 0.6) is 5.75 Å². The molecule has 0 radical (unpaired) electrons. The highest BCUT2D eigenvalue weighted by Crippen LogP contribution is 2.24. The average molecular weight is 350 g/mol. The third kappa shape index (κ3) is 3.62. The van der Waals surface area contributed by atoms with Crippen LogP contribution in [-0.4, -0.2) is 27.3 Å². The lowest BCUT2D eigenvalue weighted by Gasteiger charge is -2.11. The third-order valence-electron chi connectivity index (χ3n) is 3.30. The number of benzene rings is 1. The summed E-state index contributed by atoms with van der Waals surface area (Å²) in [4.78, 5) is 7.72. The lowest BCUT2D eigenvalue weighted by Crippen LogP contribution is -2.10. The van der Waals surface area contributed by atoms with Crippen LogP contribution in [0.25, 0.3) is 0 Å². The van der Waals surface area contributed by atoms with Gasteiger partial charge in [-0.05, 0) is 12.1 Å². The van der Waals surface area contributed by atoms with Gasteiger partial charge in [-0.15, -0.1) is 0 Å². The summed E-state index contributed by atoms with van der Waals surface area (Å²) in [5.41, 5.74) is 0.282. The molecule has 0 aliphatic rings. The number of ether oxygens (including phenoxy) is 1. The van der Waals surface area contributed by atoms with Crippen molar-refractivity contribution >= 4 is 17.5 Å². The van der Waals surface area contributed by atoms with E-state index in [4.69, 9.17) is 4.74 Å². The molecule has 0 unspecified atom stereocenters. The molecule has 10 heteroatoms. The summed E-state index contributed by atoms with van der Waals surface area (Å²) in [5.74, 6) is -2.62. The highest BCUT2D eigenvalue weighted by molar-refractivity contribution is 5.52. The molecule has 1 aromatic carbocycles. The maximum Gasteiger partial charge on any atom is 0.229 e. The maximum atomic E-state index is 14.1. The lowest BCUT2D eigenvalue weighted by molar-refractivity contribution is 0.381. The number of aromatic nitrogens is 4. The third-order valence-corrected chi connectivity index (χ3v) is 3.30. The van der Waals surface area contributed by atoms with Crippen molar-refractivity contribution in [2.24, 2.45) is 0 Å². The zero-order valence-corrected chi connectivity index (χ0v) is 13.0. The Morgan fingerprint density at radius 2 is 2.00 bits per heavy atom. The van der Waals surface area contributed by atoms with Gasteiger partial charge >= 0.3 is 0 Å². The molecule has 7 nitrogen and oxygen atoms in total. The molecule has 0 aliphatic carbocycles. The SMILES string of the molecule is COc1ccc(F)c(CNc2nc(Nc3cn[nH]c3)ncc2F)c1F. The number of methoxy groups -OCH3 is 1. The molecular weight excluding hydrogens is 337 g/mol. The Kier molecular flexibility index (Phi) is 4.68. The molecule has 2 aromatic heterocycles. The normalized spacial score (nSPS) is 10.6. The summed E-state index contributed by atoms with van der Waals surface area (Å²) in [7, 11) is 1.27. The zero-order chi connectivity index (χ0) is 17.8. The number of nitrogens with zero attached hydrogens (tertiary/aromatic N) is 3. The summed E-state index contributed by atoms with van der Waals surface area (Å²) in [6.07, 6.45) is 3.98. The topological polar surface area (TPSA) is 87.8 Å². The fraction of sp³-hybridized carbons (Fsp3) is 0.133. The predicted molar refractivity (Wildman–Crippen MR) is 84.1 cm³/mol. The Morgan fingerprint density at radius 3 is 2.72 bits per heavy atom. The van der Waals surface area contributed by atoms with Crippen molar-refractivity contribution in [2.75, 3.05) is 17.7 Å². The van der Waals surface area contributed by atoms with Gasteiger partial charge in [-0.3, -0.25) is 5.10 Å². The van der Waals surface area contributed by atoms with E-state index in [2.05, 4.69) is 30.8 Å². The molecule has 25 heavy (non-hydrogen) atoms. The Labute approximate surface area is 140 Å². The van der Waals surface area contributed by atoms with Crippen LogP contribution in [0.3, 0.4) is 0 Å². The number of rotatable bonds is 6. The van der Waals surface area contributed by atoms with Crippen LogP contribution in [0.4, 0.5) is 30.6 Å². The predicted octanol–water partition coefficient (Wildman–Crippen LogP) is 2.98. The first kappa shape index (κ1) is 16.6. The minimum atomic E-state index is -0.860. The lowest BCUT2D eigenvalue weighted by atomic mass is 10.2. The van der Waals surface area contributed by atoms with Gasteiger partial charge in [-0.2, -0.15) is 10.1 Å². The van der Waals surface area contributed by atoms with E-state index in [0.29, 0.717) is 5.69 Å². The first-order valence-corrected chi connectivity index (χ1v) is 7.11. The van der Waals surface area contributed by atoms with E-state index in [-0.39, 0.29) is 29.6 Å². The van der Waals surface area contributed by atoms with Crippen molar-refractivity contribution < 1.29 is 17.9 Å². The number of anilines is 3. The van der Waals surface area contributed by atoms with Crippen LogP contribution >= 0.6 is 0 Å². The molecule has 0 aliphatic heterocycles. The van der Waals surface area contributed by atoms with Crippen LogP contribution in [-0.2, 0) is 6.54 Å². The van der Waals surface area contributed by atoms with Gasteiger partial charge in [-0.1, -0.05) is 0 Å². The van der Waals surface area contributed by atoms with Crippen molar-refractivity contribution in [1.82, 2.24) is 20.2 Å². The molecular formula is C15H13F3N6O. The molecule has 3 rings (SSSR count). The van der Waals surface area contributed by atoms with Crippen LogP contribution in [0, 0.1) is 17.5 Å². The Morgan fingerprint density at radius 1 is 1.16 bits per heavy atom. The van der Waals surface area contributed by atoms with Crippen LogP contribution < -0.4 is 15.4 Å². The van der Waals surface area contributed by atoms with Gasteiger partial charge < -0.3 is 15.4 Å². The van der Waals surface area contributed by atoms with Gasteiger partial charge in [0.05, 0.1) is 25.2 Å². The second kappa shape index (κ2) is 7.07. The molecule has 0 saturated heterocycles. The fourth-order valence-electron chi connectivity index (χ4n) is 2.07. The van der Waals surface area contributed by atoms with Gasteiger partial charge in [0, 0.05) is 18.3 Å². The quantitative estimate of drug-likeness (QED) is 0.633. The monoisotopic (exact) mass is 350 g/mol. The molecule has 0 amide bonds. The Bertz CT molecular complexity index is 872. The van der Waals surface area contributed by atoms with Crippen molar-refractivity contribution in [3.05, 3.63) is 53.7 Å². The molecule has 130 valence electrons. The molecule has 3 aromatic rings. The van der Waals surface area contributed by atoms with E-state index in [1.165, 1.54) is 19.4 Å². The number of nitrogens with one attached hydrogen (secondary N) is 3. The van der Waals surface area contributed by atoms with Crippen molar-refractivity contribution in [1.29, 1.82) is 0 Å². The summed E-state index contributed by atoms with van der Waals surface area (Å²) in [6.45, 7) is -0.325. The minimum Gasteiger partial charge on any atom is -0.494 e. The van der Waals surface area contributed by atoms with Gasteiger partial charge in [0.1, 0.15) is 5.82 Å². The molecule has 0 saturated carbocycles. The second-order valence-electron chi connectivity index (χ2n) is 4.90. The molecule has 2 heterocycles. The zero-order valence-electron chi connectivity index (χ0n) is 13.0. The van der Waals surface area contributed by atoms with E-state index >= 15 is 0 Å². The molecule has 0 fully saturated rings. The standard InChI is InChI=1S/C15H13F3N6O/c1-25-12-3-2-10(16)9(13(12)18)6-19-14-11(17)7-20-15(24-14)23-8-4-21-22-5-8/h2-5,7H,6H2,1H3,(H,21,22)(H2,19,20,23,24). The maximum absolute atomic E-state index is 14.1. The van der Waals surface area contributed by atoms with Gasteiger partial charge in [0.2, 0.25) is 5.95 Å². The van der Waals surface area contributed by atoms with Gasteiger partial charge in [0.15, 0.2) is 23.2 Å². The Hall–Kier alpha value is -3.30. The summed E-state index contributed by atoms with van der Waals surface area (Å²) < 4.78 is 46.6. The second-order valence-corrected chi connectivity index (χ2v) is 4.90. The summed E-state index contributed by atoms with van der Waals surface area (Å²) >= 11 is 0. The number of H-pyrrole nitrogens is 1. The van der Waals surface area contributed by atoms with E-state index in [9.17, 15) is 13.2 Å². The smallest absolute Gasteiger partial charge is 0.229 e. The fourth-order valence-corrected chi connectivity index (χ4v) is 2.07. The average Bonchev–Trinajstić information content (AvgIpc) is 3.10. The number of hydrogen-bond acceptors (Lipinski definition) is 6. The first-order valence-electron chi connectivity index (χ1n) is 7.11. The highest BCUT2D eigenvalue weighted by Gasteiger charge is 2.15. The van der Waals surface area contributed by atoms with Crippen LogP contribution in [0.15, 0.2) is 30.7 Å². The van der Waals surface area contributed by atoms with Gasteiger partial charge in [-0.25, -0.2) is 18.2 Å². The van der Waals surface area contributed by atoms with Crippen molar-refractivity contribution in [3.8, 4) is 5.75 Å².